The maximum absolute atomic E-state index is 11.7. The second kappa shape index (κ2) is 13.7. The van der Waals surface area contributed by atoms with Crippen LogP contribution in [-0.2, 0) is 4.57 Å². The van der Waals surface area contributed by atoms with Gasteiger partial charge in [0.2, 0.25) is 5.34 Å². The Morgan fingerprint density at radius 2 is 1.26 bits per heavy atom. The number of allylic oxidation sites excluding steroid dienone is 4. The van der Waals surface area contributed by atoms with Crippen LogP contribution in [0.3, 0.4) is 0 Å². The van der Waals surface area contributed by atoms with Crippen LogP contribution in [0.1, 0.15) is 77.6 Å². The van der Waals surface area contributed by atoms with Crippen molar-refractivity contribution in [1.29, 1.82) is 0 Å². The van der Waals surface area contributed by atoms with E-state index < -0.39 is 12.9 Å². The van der Waals surface area contributed by atoms with Gasteiger partial charge in [0.25, 0.3) is 0 Å². The van der Waals surface area contributed by atoms with Gasteiger partial charge in [0.05, 0.1) is 21.1 Å². The predicted molar refractivity (Wildman–Crippen MR) is 115 cm³/mol. The Bertz CT molecular complexity index is 479. The van der Waals surface area contributed by atoms with Crippen molar-refractivity contribution in [3.8, 4) is 0 Å². The fraction of sp³-hybridized carbons (Fsp3) is 0.810. The summed E-state index contributed by atoms with van der Waals surface area (Å²) in [7, 11) is 0.931. The SMILES string of the molecule is CC/C=C\CCCCC/C=C\CCCCCC(O)(C[N+](C)(C)C)P(=O)(O)O. The van der Waals surface area contributed by atoms with Crippen LogP contribution >= 0.6 is 7.60 Å². The van der Waals surface area contributed by atoms with E-state index in [0.29, 0.717) is 10.9 Å². The molecule has 0 bridgehead atoms. The third kappa shape index (κ3) is 14.2. The fourth-order valence-electron chi connectivity index (χ4n) is 3.14. The number of unbranched alkanes of at least 4 members (excludes halogenated alkanes) is 7. The van der Waals surface area contributed by atoms with Gasteiger partial charge in [-0.15, -0.1) is 0 Å². The van der Waals surface area contributed by atoms with E-state index in [4.69, 9.17) is 0 Å². The van der Waals surface area contributed by atoms with Crippen molar-refractivity contribution < 1.29 is 23.9 Å². The number of nitrogens with zero attached hydrogens (tertiary/aromatic N) is 1. The Hall–Kier alpha value is -0.450. The monoisotopic (exact) mass is 404 g/mol. The fourth-order valence-corrected chi connectivity index (χ4v) is 4.20. The van der Waals surface area contributed by atoms with Gasteiger partial charge in [0, 0.05) is 0 Å². The Labute approximate surface area is 166 Å². The van der Waals surface area contributed by atoms with Crippen LogP contribution in [0.5, 0.6) is 0 Å². The van der Waals surface area contributed by atoms with Crippen molar-refractivity contribution in [2.75, 3.05) is 27.7 Å². The Morgan fingerprint density at radius 1 is 0.815 bits per heavy atom. The molecule has 0 amide bonds. The van der Waals surface area contributed by atoms with E-state index in [2.05, 4.69) is 31.2 Å². The standard InChI is InChI=1S/C21H42NO4P/c1-5-6-7-8-9-10-11-12-13-14-15-16-17-18-19-21(23,27(24,25)26)20-22(2,3)4/h6-7,13-14,23H,5,8-12,15-20H2,1-4H3,(H-,24,25,26)/p+1/b7-6-,14-13-. The summed E-state index contributed by atoms with van der Waals surface area (Å²) in [5, 5.41) is 8.55. The topological polar surface area (TPSA) is 77.8 Å². The smallest absolute Gasteiger partial charge is 0.362 e. The van der Waals surface area contributed by atoms with E-state index in [1.54, 1.807) is 0 Å². The highest BCUT2D eigenvalue weighted by Crippen LogP contribution is 2.52. The molecule has 1 atom stereocenters. The highest BCUT2D eigenvalue weighted by molar-refractivity contribution is 7.53. The molecule has 5 nitrogen and oxygen atoms in total. The van der Waals surface area contributed by atoms with Crippen LogP contribution in [0.4, 0.5) is 0 Å². The largest absolute Gasteiger partial charge is 0.373 e. The molecule has 0 aromatic heterocycles. The lowest BCUT2D eigenvalue weighted by Gasteiger charge is -2.35. The Balaban J connectivity index is 3.88. The number of aliphatic hydroxyl groups is 1. The first kappa shape index (κ1) is 26.6. The Kier molecular flexibility index (Phi) is 13.5. The average Bonchev–Trinajstić information content (AvgIpc) is 2.52. The summed E-state index contributed by atoms with van der Waals surface area (Å²) < 4.78 is 12.0. The molecule has 0 aromatic rings. The molecule has 0 aliphatic rings. The molecular formula is C21H43NO4P+. The minimum absolute atomic E-state index is 0.0470. The summed E-state index contributed by atoms with van der Waals surface area (Å²) in [5.41, 5.74) is 0. The lowest BCUT2D eigenvalue weighted by Crippen LogP contribution is -2.49. The molecular weight excluding hydrogens is 361 g/mol. The Morgan fingerprint density at radius 3 is 1.67 bits per heavy atom. The number of hydrogen-bond acceptors (Lipinski definition) is 2. The zero-order valence-electron chi connectivity index (χ0n) is 17.9. The van der Waals surface area contributed by atoms with Gasteiger partial charge in [-0.25, -0.2) is 0 Å². The van der Waals surface area contributed by atoms with E-state index in [1.165, 1.54) is 25.7 Å². The summed E-state index contributed by atoms with van der Waals surface area (Å²) in [6.45, 7) is 2.20. The summed E-state index contributed by atoms with van der Waals surface area (Å²) in [6, 6.07) is 0. The third-order valence-electron chi connectivity index (χ3n) is 4.53. The van der Waals surface area contributed by atoms with Crippen molar-refractivity contribution in [2.24, 2.45) is 0 Å². The number of quaternary nitrogens is 1. The van der Waals surface area contributed by atoms with Gasteiger partial charge in [-0.3, -0.25) is 4.57 Å². The first-order valence-corrected chi connectivity index (χ1v) is 12.0. The van der Waals surface area contributed by atoms with E-state index >= 15 is 0 Å². The summed E-state index contributed by atoms with van der Waals surface area (Å²) in [5.74, 6) is 0. The second-order valence-corrected chi connectivity index (χ2v) is 10.5. The van der Waals surface area contributed by atoms with Crippen molar-refractivity contribution in [2.45, 2.75) is 82.9 Å². The van der Waals surface area contributed by atoms with Crippen molar-refractivity contribution in [3.63, 3.8) is 0 Å². The molecule has 0 aliphatic heterocycles. The highest BCUT2D eigenvalue weighted by atomic mass is 31.2. The summed E-state index contributed by atoms with van der Waals surface area (Å²) in [6.07, 6.45) is 19.8. The zero-order chi connectivity index (χ0) is 20.8. The lowest BCUT2D eigenvalue weighted by molar-refractivity contribution is -0.875. The number of hydrogen-bond donors (Lipinski definition) is 3. The minimum atomic E-state index is -4.55. The number of likely N-dealkylation sites (N-methyl/N-ethyl adjacent to an activating group) is 1. The molecule has 160 valence electrons. The quantitative estimate of drug-likeness (QED) is 0.147. The second-order valence-electron chi connectivity index (χ2n) is 8.56. The molecule has 0 heterocycles. The van der Waals surface area contributed by atoms with Crippen LogP contribution in [-0.4, -0.2) is 52.4 Å². The molecule has 3 N–H and O–H groups in total. The van der Waals surface area contributed by atoms with Gasteiger partial charge in [-0.1, -0.05) is 44.1 Å². The van der Waals surface area contributed by atoms with Gasteiger partial charge in [-0.05, 0) is 57.8 Å². The van der Waals surface area contributed by atoms with Gasteiger partial charge in [0.1, 0.15) is 6.54 Å². The van der Waals surface area contributed by atoms with Crippen molar-refractivity contribution in [1.82, 2.24) is 0 Å². The molecule has 0 aromatic carbocycles. The molecule has 1 unspecified atom stereocenters. The molecule has 0 rings (SSSR count). The molecule has 0 spiro atoms. The minimum Gasteiger partial charge on any atom is -0.373 e. The number of rotatable bonds is 16. The average molecular weight is 405 g/mol. The van der Waals surface area contributed by atoms with Gasteiger partial charge in [-0.2, -0.15) is 0 Å². The van der Waals surface area contributed by atoms with Crippen LogP contribution in [0, 0.1) is 0 Å². The molecule has 0 fully saturated rings. The van der Waals surface area contributed by atoms with Crippen LogP contribution in [0.15, 0.2) is 24.3 Å². The first-order chi connectivity index (χ1) is 12.5. The first-order valence-electron chi connectivity index (χ1n) is 10.4. The normalized spacial score (nSPS) is 15.7. The molecule has 0 aliphatic carbocycles. The highest BCUT2D eigenvalue weighted by Gasteiger charge is 2.48. The van der Waals surface area contributed by atoms with Crippen LogP contribution < -0.4 is 0 Å². The van der Waals surface area contributed by atoms with Gasteiger partial charge < -0.3 is 19.4 Å². The molecule has 0 saturated carbocycles. The summed E-state index contributed by atoms with van der Waals surface area (Å²) in [4.78, 5) is 19.1. The molecule has 0 saturated heterocycles. The maximum atomic E-state index is 11.7. The van der Waals surface area contributed by atoms with E-state index in [9.17, 15) is 19.5 Å². The van der Waals surface area contributed by atoms with E-state index in [-0.39, 0.29) is 13.0 Å². The summed E-state index contributed by atoms with van der Waals surface area (Å²) >= 11 is 0. The molecule has 6 heteroatoms. The van der Waals surface area contributed by atoms with Crippen molar-refractivity contribution in [3.05, 3.63) is 24.3 Å². The van der Waals surface area contributed by atoms with Crippen LogP contribution in [0.25, 0.3) is 0 Å². The van der Waals surface area contributed by atoms with E-state index in [1.807, 2.05) is 21.1 Å². The molecule has 0 radical (unpaired) electrons. The zero-order valence-corrected chi connectivity index (χ0v) is 18.8. The maximum Gasteiger partial charge on any atom is 0.362 e. The van der Waals surface area contributed by atoms with Gasteiger partial charge >= 0.3 is 7.60 Å². The van der Waals surface area contributed by atoms with E-state index in [0.717, 1.165) is 32.1 Å². The molecule has 27 heavy (non-hydrogen) atoms. The van der Waals surface area contributed by atoms with Crippen molar-refractivity contribution >= 4 is 7.60 Å². The van der Waals surface area contributed by atoms with Crippen LogP contribution in [0.2, 0.25) is 0 Å². The lowest BCUT2D eigenvalue weighted by atomic mass is 10.1. The third-order valence-corrected chi connectivity index (χ3v) is 5.98. The van der Waals surface area contributed by atoms with Gasteiger partial charge in [0.15, 0.2) is 0 Å². The predicted octanol–water partition coefficient (Wildman–Crippen LogP) is 4.98.